The number of alkyl halides is 3. The van der Waals surface area contributed by atoms with Gasteiger partial charge in [-0.05, 0) is 12.1 Å². The highest BCUT2D eigenvalue weighted by Crippen LogP contribution is 2.42. The summed E-state index contributed by atoms with van der Waals surface area (Å²) in [5, 5.41) is 3.06. The molecule has 1 atom stereocenters. The van der Waals surface area contributed by atoms with E-state index in [1.165, 1.54) is 18.1 Å². The molecule has 0 radical (unpaired) electrons. The maximum Gasteiger partial charge on any atom is 0.408 e. The molecule has 3 nitrogen and oxygen atoms in total. The van der Waals surface area contributed by atoms with Crippen LogP contribution < -0.4 is 10.1 Å². The second-order valence-corrected chi connectivity index (χ2v) is 5.53. The van der Waals surface area contributed by atoms with Crippen molar-refractivity contribution in [1.82, 2.24) is 10.2 Å². The van der Waals surface area contributed by atoms with E-state index in [1.54, 1.807) is 12.1 Å². The number of hydrogen-bond donors (Lipinski definition) is 1. The smallest absolute Gasteiger partial charge is 0.408 e. The molecule has 1 N–H and O–H groups in total. The Balaban J connectivity index is 0.00000220. The molecule has 0 unspecified atom stereocenters. The second-order valence-electron chi connectivity index (χ2n) is 4.62. The van der Waals surface area contributed by atoms with E-state index >= 15 is 0 Å². The summed E-state index contributed by atoms with van der Waals surface area (Å²) in [6.45, 7) is 1.85. The normalized spacial score (nSPS) is 18.0. The molecule has 0 saturated carbocycles. The van der Waals surface area contributed by atoms with E-state index in [0.717, 1.165) is 0 Å². The summed E-state index contributed by atoms with van der Waals surface area (Å²) in [5.74, 6) is 0.250. The Kier molecular flexibility index (Phi) is 6.77. The molecule has 1 aromatic rings. The van der Waals surface area contributed by atoms with Gasteiger partial charge in [0, 0.05) is 36.2 Å². The highest BCUT2D eigenvalue weighted by atomic mass is 79.9. The molecule has 1 aliphatic rings. The van der Waals surface area contributed by atoms with E-state index < -0.39 is 12.2 Å². The molecular weight excluding hydrogens is 373 g/mol. The van der Waals surface area contributed by atoms with Crippen LogP contribution in [0, 0.1) is 0 Å². The zero-order valence-electron chi connectivity index (χ0n) is 11.4. The third-order valence-electron chi connectivity index (χ3n) is 3.32. The predicted octanol–water partition coefficient (Wildman–Crippen LogP) is 3.39. The summed E-state index contributed by atoms with van der Waals surface area (Å²) >= 11 is 3.25. The van der Waals surface area contributed by atoms with Gasteiger partial charge in [0.2, 0.25) is 0 Å². The molecule has 1 saturated heterocycles. The fraction of sp³-hybridized carbons (Fsp3) is 0.538. The lowest BCUT2D eigenvalue weighted by atomic mass is 10.0. The lowest BCUT2D eigenvalue weighted by Gasteiger charge is -2.36. The number of hydrogen-bond acceptors (Lipinski definition) is 3. The standard InChI is InChI=1S/C13H16BrF3N2O.ClH/c1-20-11-8-9(14)2-3-10(11)12(13(15,16)17)19-6-4-18-5-7-19;/h2-3,8,12,18H,4-7H2,1H3;1H/t12-;/m0./s1. The highest BCUT2D eigenvalue weighted by Gasteiger charge is 2.46. The predicted molar refractivity (Wildman–Crippen MR) is 81.2 cm³/mol. The SMILES string of the molecule is COc1cc(Br)ccc1[C@H](N1CCNCC1)C(F)(F)F.Cl. The molecule has 0 spiro atoms. The number of halogens is 5. The Morgan fingerprint density at radius 3 is 2.43 bits per heavy atom. The first kappa shape index (κ1) is 18.5. The molecule has 0 aliphatic carbocycles. The molecule has 1 heterocycles. The van der Waals surface area contributed by atoms with E-state index in [0.29, 0.717) is 30.7 Å². The number of rotatable bonds is 3. The summed E-state index contributed by atoms with van der Waals surface area (Å²) in [4.78, 5) is 1.45. The molecule has 1 fully saturated rings. The van der Waals surface area contributed by atoms with E-state index in [4.69, 9.17) is 4.74 Å². The van der Waals surface area contributed by atoms with E-state index in [9.17, 15) is 13.2 Å². The second kappa shape index (κ2) is 7.67. The largest absolute Gasteiger partial charge is 0.496 e. The minimum absolute atomic E-state index is 0. The Morgan fingerprint density at radius 1 is 1.29 bits per heavy atom. The summed E-state index contributed by atoms with van der Waals surface area (Å²) in [6, 6.07) is 3.02. The van der Waals surface area contributed by atoms with E-state index in [2.05, 4.69) is 21.2 Å². The van der Waals surface area contributed by atoms with Crippen LogP contribution >= 0.6 is 28.3 Å². The fourth-order valence-corrected chi connectivity index (χ4v) is 2.77. The average Bonchev–Trinajstić information content (AvgIpc) is 2.40. The van der Waals surface area contributed by atoms with Crippen molar-refractivity contribution in [1.29, 1.82) is 0 Å². The van der Waals surface area contributed by atoms with Crippen LogP contribution in [-0.2, 0) is 0 Å². The van der Waals surface area contributed by atoms with Gasteiger partial charge >= 0.3 is 6.18 Å². The van der Waals surface area contributed by atoms with Gasteiger partial charge in [-0.15, -0.1) is 12.4 Å². The first-order chi connectivity index (χ1) is 9.43. The minimum atomic E-state index is -4.33. The molecule has 21 heavy (non-hydrogen) atoms. The van der Waals surface area contributed by atoms with Crippen molar-refractivity contribution in [2.45, 2.75) is 12.2 Å². The van der Waals surface area contributed by atoms with Gasteiger partial charge in [-0.25, -0.2) is 0 Å². The summed E-state index contributed by atoms with van der Waals surface area (Å²) in [6.07, 6.45) is -4.33. The van der Waals surface area contributed by atoms with Crippen LogP contribution in [0.1, 0.15) is 11.6 Å². The molecule has 0 amide bonds. The van der Waals surface area contributed by atoms with Crippen molar-refractivity contribution in [2.75, 3.05) is 33.3 Å². The Labute approximate surface area is 136 Å². The monoisotopic (exact) mass is 388 g/mol. The molecular formula is C13H17BrClF3N2O. The van der Waals surface area contributed by atoms with E-state index in [1.807, 2.05) is 0 Å². The van der Waals surface area contributed by atoms with Gasteiger partial charge in [0.1, 0.15) is 11.8 Å². The number of methoxy groups -OCH3 is 1. The average molecular weight is 390 g/mol. The highest BCUT2D eigenvalue weighted by molar-refractivity contribution is 9.10. The first-order valence-corrected chi connectivity index (χ1v) is 7.07. The van der Waals surface area contributed by atoms with Crippen molar-refractivity contribution in [3.8, 4) is 5.75 Å². The zero-order valence-corrected chi connectivity index (χ0v) is 13.8. The van der Waals surface area contributed by atoms with Crippen molar-refractivity contribution in [3.05, 3.63) is 28.2 Å². The lowest BCUT2D eigenvalue weighted by Crippen LogP contribution is -2.49. The zero-order chi connectivity index (χ0) is 14.8. The van der Waals surface area contributed by atoms with Gasteiger partial charge in [0.05, 0.1) is 7.11 Å². The van der Waals surface area contributed by atoms with Crippen molar-refractivity contribution < 1.29 is 17.9 Å². The molecule has 2 rings (SSSR count). The number of ether oxygens (including phenoxy) is 1. The molecule has 0 aromatic heterocycles. The van der Waals surface area contributed by atoms with Crippen molar-refractivity contribution in [3.63, 3.8) is 0 Å². The molecule has 120 valence electrons. The topological polar surface area (TPSA) is 24.5 Å². The van der Waals surface area contributed by atoms with Crippen LogP contribution in [0.3, 0.4) is 0 Å². The quantitative estimate of drug-likeness (QED) is 0.858. The maximum atomic E-state index is 13.5. The maximum absolute atomic E-state index is 13.5. The van der Waals surface area contributed by atoms with Crippen LogP contribution in [-0.4, -0.2) is 44.4 Å². The van der Waals surface area contributed by atoms with Crippen LogP contribution in [0.5, 0.6) is 5.75 Å². The van der Waals surface area contributed by atoms with Gasteiger partial charge in [0.25, 0.3) is 0 Å². The number of piperazine rings is 1. The Morgan fingerprint density at radius 2 is 1.90 bits per heavy atom. The van der Waals surface area contributed by atoms with Crippen molar-refractivity contribution in [2.24, 2.45) is 0 Å². The molecule has 0 bridgehead atoms. The molecule has 8 heteroatoms. The van der Waals surface area contributed by atoms with Gasteiger partial charge < -0.3 is 10.1 Å². The Hall–Kier alpha value is -0.500. The number of benzene rings is 1. The number of nitrogens with one attached hydrogen (secondary N) is 1. The fourth-order valence-electron chi connectivity index (χ4n) is 2.43. The molecule has 1 aromatic carbocycles. The van der Waals surface area contributed by atoms with E-state index in [-0.39, 0.29) is 23.7 Å². The van der Waals surface area contributed by atoms with Gasteiger partial charge in [0.15, 0.2) is 0 Å². The third-order valence-corrected chi connectivity index (χ3v) is 3.81. The third kappa shape index (κ3) is 4.48. The van der Waals surface area contributed by atoms with Crippen LogP contribution in [0.15, 0.2) is 22.7 Å². The Bertz CT molecular complexity index is 467. The summed E-state index contributed by atoms with van der Waals surface area (Å²) in [5.41, 5.74) is 0.158. The van der Waals surface area contributed by atoms with Gasteiger partial charge in [-0.1, -0.05) is 22.0 Å². The summed E-state index contributed by atoms with van der Waals surface area (Å²) < 4.78 is 46.2. The summed E-state index contributed by atoms with van der Waals surface area (Å²) in [7, 11) is 1.39. The first-order valence-electron chi connectivity index (χ1n) is 6.28. The van der Waals surface area contributed by atoms with Crippen molar-refractivity contribution >= 4 is 28.3 Å². The lowest BCUT2D eigenvalue weighted by molar-refractivity contribution is -0.188. The minimum Gasteiger partial charge on any atom is -0.496 e. The van der Waals surface area contributed by atoms with Gasteiger partial charge in [-0.3, -0.25) is 4.90 Å². The van der Waals surface area contributed by atoms with Crippen LogP contribution in [0.4, 0.5) is 13.2 Å². The van der Waals surface area contributed by atoms with Crippen LogP contribution in [0.25, 0.3) is 0 Å². The van der Waals surface area contributed by atoms with Crippen LogP contribution in [0.2, 0.25) is 0 Å². The molecule has 1 aliphatic heterocycles. The van der Waals surface area contributed by atoms with Gasteiger partial charge in [-0.2, -0.15) is 13.2 Å². The number of nitrogens with zero attached hydrogens (tertiary/aromatic N) is 1.